The van der Waals surface area contributed by atoms with Crippen molar-refractivity contribution in [1.82, 2.24) is 29.0 Å². The number of hydrogen-bond donors (Lipinski definition) is 2. The van der Waals surface area contributed by atoms with Crippen molar-refractivity contribution in [3.63, 3.8) is 0 Å². The van der Waals surface area contributed by atoms with E-state index in [2.05, 4.69) is 20.0 Å². The summed E-state index contributed by atoms with van der Waals surface area (Å²) < 4.78 is 38.5. The van der Waals surface area contributed by atoms with Gasteiger partial charge in [0.05, 0.1) is 24.2 Å². The number of fused-ring (bicyclic) bond motifs is 3. The van der Waals surface area contributed by atoms with Crippen LogP contribution in [0.15, 0.2) is 39.7 Å². The summed E-state index contributed by atoms with van der Waals surface area (Å²) >= 11 is 2.47. The molecule has 2 saturated heterocycles. The van der Waals surface area contributed by atoms with E-state index in [4.69, 9.17) is 10.2 Å². The Hall–Kier alpha value is -3.73. The molecule has 12 nitrogen and oxygen atoms in total. The Labute approximate surface area is 246 Å². The van der Waals surface area contributed by atoms with E-state index < -0.39 is 17.1 Å². The summed E-state index contributed by atoms with van der Waals surface area (Å²) in [5.74, 6) is 0.388. The number of halogens is 2. The Morgan fingerprint density at radius 3 is 2.55 bits per heavy atom. The molecule has 1 atom stereocenters. The summed E-state index contributed by atoms with van der Waals surface area (Å²) in [6.45, 7) is 4.22. The maximum atomic E-state index is 14.9. The number of aliphatic hydroxyl groups is 1. The summed E-state index contributed by atoms with van der Waals surface area (Å²) in [5.41, 5.74) is 7.14. The van der Waals surface area contributed by atoms with Crippen molar-refractivity contribution in [2.75, 3.05) is 67.1 Å². The quantitative estimate of drug-likeness (QED) is 0.292. The fourth-order valence-electron chi connectivity index (χ4n) is 5.45. The van der Waals surface area contributed by atoms with E-state index in [9.17, 15) is 18.7 Å². The molecule has 2 aliphatic rings. The molecule has 7 rings (SSSR count). The number of furan rings is 1. The lowest BCUT2D eigenvalue weighted by Gasteiger charge is -2.37. The number of piperazine rings is 1. The van der Waals surface area contributed by atoms with Crippen molar-refractivity contribution in [2.24, 2.45) is 0 Å². The Kier molecular flexibility index (Phi) is 7.00. The third-order valence-corrected chi connectivity index (χ3v) is 9.53. The van der Waals surface area contributed by atoms with Gasteiger partial charge in [0.15, 0.2) is 17.1 Å². The van der Waals surface area contributed by atoms with Gasteiger partial charge in [-0.2, -0.15) is 9.50 Å². The van der Waals surface area contributed by atoms with E-state index in [-0.39, 0.29) is 10.8 Å². The highest BCUT2D eigenvalue weighted by molar-refractivity contribution is 7.99. The van der Waals surface area contributed by atoms with Gasteiger partial charge in [-0.05, 0) is 18.2 Å². The van der Waals surface area contributed by atoms with Crippen molar-refractivity contribution in [1.29, 1.82) is 0 Å². The second kappa shape index (κ2) is 10.8. The first-order valence-corrected chi connectivity index (χ1v) is 15.3. The fraction of sp³-hybridized carbons (Fsp3) is 0.385. The predicted molar refractivity (Wildman–Crippen MR) is 158 cm³/mol. The van der Waals surface area contributed by atoms with Crippen LogP contribution in [0.5, 0.6) is 0 Å². The number of nitrogen functional groups attached to an aromatic ring is 1. The first kappa shape index (κ1) is 27.1. The molecule has 0 bridgehead atoms. The average molecular weight is 616 g/mol. The molecule has 6 heterocycles. The summed E-state index contributed by atoms with van der Waals surface area (Å²) in [6, 6.07) is 5.97. The smallest absolute Gasteiger partial charge is 0.309 e. The molecule has 2 fully saturated rings. The number of benzene rings is 1. The van der Waals surface area contributed by atoms with Crippen LogP contribution in [0.4, 0.5) is 26.1 Å². The van der Waals surface area contributed by atoms with Gasteiger partial charge in [-0.25, -0.2) is 13.8 Å². The normalized spacial score (nSPS) is 18.5. The molecule has 16 heteroatoms. The topological polar surface area (TPSA) is 134 Å². The summed E-state index contributed by atoms with van der Waals surface area (Å²) in [5, 5.41) is 14.4. The number of nitrogens with two attached hydrogens (primary N) is 1. The molecule has 5 aromatic rings. The Bertz CT molecular complexity index is 1820. The van der Waals surface area contributed by atoms with Crippen molar-refractivity contribution < 1.29 is 18.3 Å². The summed E-state index contributed by atoms with van der Waals surface area (Å²) in [4.78, 5) is 27.7. The zero-order chi connectivity index (χ0) is 29.0. The lowest BCUT2D eigenvalue weighted by atomic mass is 10.2. The lowest BCUT2D eigenvalue weighted by Crippen LogP contribution is -2.48. The van der Waals surface area contributed by atoms with Crippen LogP contribution in [-0.2, 0) is 6.54 Å². The molecule has 0 radical (unpaired) electrons. The van der Waals surface area contributed by atoms with E-state index in [0.717, 1.165) is 17.4 Å². The molecular weight excluding hydrogens is 588 g/mol. The number of rotatable bonds is 6. The number of β-amino-alcohol motifs (C(OH)–C–C–N with tert-alkyl or cyclic N) is 1. The number of anilines is 3. The van der Waals surface area contributed by atoms with Crippen molar-refractivity contribution in [3.05, 3.63) is 51.8 Å². The van der Waals surface area contributed by atoms with Crippen LogP contribution in [0.1, 0.15) is 0 Å². The van der Waals surface area contributed by atoms with Crippen LogP contribution < -0.4 is 20.4 Å². The number of hydrogen-bond acceptors (Lipinski definition) is 12. The van der Waals surface area contributed by atoms with Gasteiger partial charge in [0.2, 0.25) is 11.8 Å². The van der Waals surface area contributed by atoms with E-state index >= 15 is 0 Å². The number of thiazole rings is 1. The highest BCUT2D eigenvalue weighted by Crippen LogP contribution is 2.32. The highest BCUT2D eigenvalue weighted by Gasteiger charge is 2.26. The van der Waals surface area contributed by atoms with Crippen LogP contribution in [0.2, 0.25) is 0 Å². The van der Waals surface area contributed by atoms with Gasteiger partial charge < -0.3 is 25.1 Å². The Balaban J connectivity index is 1.05. The van der Waals surface area contributed by atoms with Gasteiger partial charge in [0.1, 0.15) is 21.8 Å². The maximum absolute atomic E-state index is 14.9. The van der Waals surface area contributed by atoms with Crippen molar-refractivity contribution in [2.45, 2.75) is 12.0 Å². The van der Waals surface area contributed by atoms with Crippen LogP contribution in [0.3, 0.4) is 0 Å². The monoisotopic (exact) mass is 615 g/mol. The van der Waals surface area contributed by atoms with Gasteiger partial charge in [0, 0.05) is 57.6 Å². The maximum Gasteiger partial charge on any atom is 0.309 e. The zero-order valence-corrected chi connectivity index (χ0v) is 24.0. The molecule has 2 aliphatic heterocycles. The first-order valence-electron chi connectivity index (χ1n) is 13.5. The zero-order valence-electron chi connectivity index (χ0n) is 22.3. The number of thioether (sulfide) groups is 1. The van der Waals surface area contributed by atoms with E-state index in [1.54, 1.807) is 27.7 Å². The predicted octanol–water partition coefficient (Wildman–Crippen LogP) is 2.31. The van der Waals surface area contributed by atoms with E-state index in [1.807, 2.05) is 4.90 Å². The molecule has 0 amide bonds. The first-order chi connectivity index (χ1) is 20.4. The van der Waals surface area contributed by atoms with Crippen LogP contribution in [-0.4, -0.2) is 91.2 Å². The van der Waals surface area contributed by atoms with Crippen LogP contribution >= 0.6 is 23.1 Å². The molecule has 220 valence electrons. The summed E-state index contributed by atoms with van der Waals surface area (Å²) in [7, 11) is 0. The molecule has 0 saturated carbocycles. The lowest BCUT2D eigenvalue weighted by molar-refractivity contribution is 0.248. The SMILES string of the molecule is Nc1nc2c(sc(=O)n2CCN2CCN(c3cc(N4CCSC(O)C4)c(F)cc3F)CC2)c2nc(-c3ccco3)nn12. The van der Waals surface area contributed by atoms with Gasteiger partial charge in [-0.3, -0.25) is 14.3 Å². The Morgan fingerprint density at radius 2 is 1.81 bits per heavy atom. The van der Waals surface area contributed by atoms with E-state index in [1.165, 1.54) is 22.5 Å². The van der Waals surface area contributed by atoms with E-state index in [0.29, 0.717) is 97.1 Å². The molecular formula is C26H27F2N9O3S2. The number of aromatic nitrogens is 5. The third kappa shape index (κ3) is 4.87. The number of aliphatic hydroxyl groups excluding tert-OH is 1. The minimum atomic E-state index is -0.628. The molecule has 1 unspecified atom stereocenters. The van der Waals surface area contributed by atoms with Crippen molar-refractivity contribution >= 4 is 56.4 Å². The standard InChI is InChI=1S/C26H27F2N9O3S2/c27-15-12-16(28)18(35-9-11-41-20(38)14-35)13-17(15)34-6-3-33(4-7-34)5-8-36-23-21(42-26(36)39)24-30-22(19-2-1-10-40-19)32-37(24)25(29)31-23/h1-2,10,12-13,20,38H,3-9,11,14H2,(H2,29,31). The van der Waals surface area contributed by atoms with Crippen LogP contribution in [0, 0.1) is 11.6 Å². The minimum absolute atomic E-state index is 0.112. The summed E-state index contributed by atoms with van der Waals surface area (Å²) in [6.07, 6.45) is 1.53. The fourth-order valence-corrected chi connectivity index (χ4v) is 7.27. The molecule has 0 aliphatic carbocycles. The Morgan fingerprint density at radius 1 is 1.02 bits per heavy atom. The van der Waals surface area contributed by atoms with Crippen molar-refractivity contribution in [3.8, 4) is 11.6 Å². The second-order valence-corrected chi connectivity index (χ2v) is 12.4. The third-order valence-electron chi connectivity index (χ3n) is 7.62. The molecule has 3 N–H and O–H groups in total. The second-order valence-electron chi connectivity index (χ2n) is 10.1. The van der Waals surface area contributed by atoms with Gasteiger partial charge in [-0.15, -0.1) is 16.9 Å². The van der Waals surface area contributed by atoms with Crippen LogP contribution in [0.25, 0.3) is 27.6 Å². The average Bonchev–Trinajstić information content (AvgIpc) is 3.72. The molecule has 0 spiro atoms. The molecule has 42 heavy (non-hydrogen) atoms. The highest BCUT2D eigenvalue weighted by atomic mass is 32.2. The number of nitrogens with zero attached hydrogens (tertiary/aromatic N) is 8. The van der Waals surface area contributed by atoms with Gasteiger partial charge in [0.25, 0.3) is 0 Å². The minimum Gasteiger partial charge on any atom is -0.461 e. The van der Waals surface area contributed by atoms with Gasteiger partial charge in [-0.1, -0.05) is 11.3 Å². The molecule has 4 aromatic heterocycles. The largest absolute Gasteiger partial charge is 0.461 e. The van der Waals surface area contributed by atoms with Gasteiger partial charge >= 0.3 is 4.87 Å². The molecule has 1 aromatic carbocycles.